The van der Waals surface area contributed by atoms with Crippen LogP contribution in [0.3, 0.4) is 0 Å². The van der Waals surface area contributed by atoms with E-state index in [1.807, 2.05) is 0 Å². The molecule has 0 aliphatic carbocycles. The van der Waals surface area contributed by atoms with Gasteiger partial charge < -0.3 is 0 Å². The predicted octanol–water partition coefficient (Wildman–Crippen LogP) is 1.60. The molecule has 0 saturated carbocycles. The maximum absolute atomic E-state index is 10.4. The highest BCUT2D eigenvalue weighted by Crippen LogP contribution is 2.02. The summed E-state index contributed by atoms with van der Waals surface area (Å²) in [5.74, 6) is -0.312. The molecule has 0 aromatic heterocycles. The van der Waals surface area contributed by atoms with Gasteiger partial charge in [-0.05, 0) is 5.56 Å². The molecule has 14 heavy (non-hydrogen) atoms. The first-order valence-electron chi connectivity index (χ1n) is 3.79. The standard InChI is InChI=1S/C7H8O3S.C2H3N/c8-11(9,10)6-7-4-2-1-3-5-7;1-2-3/h1-5H,6H2,(H,8,9,10);1H3. The average Bonchev–Trinajstić information content (AvgIpc) is 2.04. The van der Waals surface area contributed by atoms with Crippen LogP contribution in [0.4, 0.5) is 0 Å². The zero-order valence-electron chi connectivity index (χ0n) is 7.71. The molecular weight excluding hydrogens is 202 g/mol. The van der Waals surface area contributed by atoms with Crippen molar-refractivity contribution in [3.63, 3.8) is 0 Å². The Morgan fingerprint density at radius 2 is 1.79 bits per heavy atom. The van der Waals surface area contributed by atoms with E-state index in [-0.39, 0.29) is 5.75 Å². The summed E-state index contributed by atoms with van der Waals surface area (Å²) < 4.78 is 29.2. The van der Waals surface area contributed by atoms with Crippen LogP contribution < -0.4 is 0 Å². The number of hydrogen-bond acceptors (Lipinski definition) is 3. The van der Waals surface area contributed by atoms with Gasteiger partial charge in [-0.3, -0.25) is 4.55 Å². The van der Waals surface area contributed by atoms with Gasteiger partial charge in [0.15, 0.2) is 0 Å². The van der Waals surface area contributed by atoms with E-state index in [0.29, 0.717) is 5.56 Å². The first-order chi connectivity index (χ1) is 6.49. The molecule has 0 spiro atoms. The fraction of sp³-hybridized carbons (Fsp3) is 0.222. The molecule has 1 aromatic carbocycles. The molecule has 1 aromatic rings. The molecule has 0 heterocycles. The van der Waals surface area contributed by atoms with Gasteiger partial charge >= 0.3 is 0 Å². The summed E-state index contributed by atoms with van der Waals surface area (Å²) in [4.78, 5) is 0. The predicted molar refractivity (Wildman–Crippen MR) is 53.0 cm³/mol. The van der Waals surface area contributed by atoms with Gasteiger partial charge in [-0.15, -0.1) is 0 Å². The summed E-state index contributed by atoms with van der Waals surface area (Å²) in [5.41, 5.74) is 0.593. The second-order valence-electron chi connectivity index (χ2n) is 2.44. The summed E-state index contributed by atoms with van der Waals surface area (Å²) >= 11 is 0. The Hall–Kier alpha value is -1.38. The number of benzene rings is 1. The second kappa shape index (κ2) is 6.13. The topological polar surface area (TPSA) is 78.2 Å². The Bertz CT molecular complexity index is 392. The Balaban J connectivity index is 0.000000500. The van der Waals surface area contributed by atoms with Crippen LogP contribution in [-0.2, 0) is 15.9 Å². The SMILES string of the molecule is CC#N.O=S(=O)(O)Cc1ccccc1. The van der Waals surface area contributed by atoms with Crippen LogP contribution >= 0.6 is 0 Å². The van der Waals surface area contributed by atoms with Crippen LogP contribution in [0.1, 0.15) is 12.5 Å². The van der Waals surface area contributed by atoms with Gasteiger partial charge in [0.05, 0.1) is 6.07 Å². The van der Waals surface area contributed by atoms with Gasteiger partial charge in [0, 0.05) is 6.92 Å². The lowest BCUT2D eigenvalue weighted by Gasteiger charge is -1.95. The maximum atomic E-state index is 10.4. The first kappa shape index (κ1) is 12.6. The Morgan fingerprint density at radius 3 is 2.14 bits per heavy atom. The molecule has 0 saturated heterocycles. The van der Waals surface area contributed by atoms with E-state index >= 15 is 0 Å². The Morgan fingerprint density at radius 1 is 1.36 bits per heavy atom. The molecule has 5 heteroatoms. The highest BCUT2D eigenvalue weighted by molar-refractivity contribution is 7.85. The van der Waals surface area contributed by atoms with Gasteiger partial charge in [-0.25, -0.2) is 0 Å². The number of rotatable bonds is 2. The lowest BCUT2D eigenvalue weighted by molar-refractivity contribution is 0.482. The minimum absolute atomic E-state index is 0.312. The van der Waals surface area contributed by atoms with Crippen LogP contribution in [0.5, 0.6) is 0 Å². The van der Waals surface area contributed by atoms with Crippen LogP contribution in [-0.4, -0.2) is 13.0 Å². The molecule has 0 aliphatic heterocycles. The number of nitrogens with zero attached hydrogens (tertiary/aromatic N) is 1. The van der Waals surface area contributed by atoms with E-state index in [9.17, 15) is 8.42 Å². The Kier molecular flexibility index (Phi) is 5.53. The van der Waals surface area contributed by atoms with Crippen molar-refractivity contribution in [2.24, 2.45) is 0 Å². The molecule has 0 bridgehead atoms. The van der Waals surface area contributed by atoms with Crippen molar-refractivity contribution in [3.8, 4) is 6.07 Å². The summed E-state index contributed by atoms with van der Waals surface area (Å²) in [6, 6.07) is 10.3. The zero-order chi connectivity index (χ0) is 11.0. The summed E-state index contributed by atoms with van der Waals surface area (Å²) in [6.45, 7) is 1.43. The van der Waals surface area contributed by atoms with E-state index in [4.69, 9.17) is 9.81 Å². The van der Waals surface area contributed by atoms with Gasteiger partial charge in [-0.1, -0.05) is 30.3 Å². The lowest BCUT2D eigenvalue weighted by atomic mass is 10.2. The van der Waals surface area contributed by atoms with Crippen molar-refractivity contribution >= 4 is 10.1 Å². The minimum atomic E-state index is -3.88. The molecule has 1 rings (SSSR count). The fourth-order valence-electron chi connectivity index (χ4n) is 0.785. The van der Waals surface area contributed by atoms with E-state index < -0.39 is 10.1 Å². The molecular formula is C9H11NO3S. The third-order valence-corrected chi connectivity index (χ3v) is 1.89. The van der Waals surface area contributed by atoms with E-state index in [0.717, 1.165) is 0 Å². The van der Waals surface area contributed by atoms with Crippen molar-refractivity contribution in [1.82, 2.24) is 0 Å². The van der Waals surface area contributed by atoms with Crippen LogP contribution in [0.25, 0.3) is 0 Å². The summed E-state index contributed by atoms with van der Waals surface area (Å²) in [5, 5.41) is 7.32. The van der Waals surface area contributed by atoms with Crippen molar-refractivity contribution in [2.75, 3.05) is 0 Å². The molecule has 1 N–H and O–H groups in total. The van der Waals surface area contributed by atoms with Crippen LogP contribution in [0, 0.1) is 11.3 Å². The van der Waals surface area contributed by atoms with Crippen LogP contribution in [0.2, 0.25) is 0 Å². The van der Waals surface area contributed by atoms with Gasteiger partial charge in [0.2, 0.25) is 0 Å². The molecule has 0 radical (unpaired) electrons. The van der Waals surface area contributed by atoms with E-state index in [2.05, 4.69) is 0 Å². The third kappa shape index (κ3) is 7.28. The zero-order valence-corrected chi connectivity index (χ0v) is 8.53. The van der Waals surface area contributed by atoms with E-state index in [1.54, 1.807) is 36.4 Å². The molecule has 0 fully saturated rings. The highest BCUT2D eigenvalue weighted by atomic mass is 32.2. The van der Waals surface area contributed by atoms with Gasteiger partial charge in [0.1, 0.15) is 5.75 Å². The van der Waals surface area contributed by atoms with Crippen molar-refractivity contribution in [3.05, 3.63) is 35.9 Å². The molecule has 0 aliphatic rings. The molecule has 0 amide bonds. The smallest absolute Gasteiger partial charge is 0.269 e. The monoisotopic (exact) mass is 213 g/mol. The van der Waals surface area contributed by atoms with Gasteiger partial charge in [-0.2, -0.15) is 13.7 Å². The summed E-state index contributed by atoms with van der Waals surface area (Å²) in [6.07, 6.45) is 0. The van der Waals surface area contributed by atoms with Crippen molar-refractivity contribution in [2.45, 2.75) is 12.7 Å². The highest BCUT2D eigenvalue weighted by Gasteiger charge is 2.04. The summed E-state index contributed by atoms with van der Waals surface area (Å²) in [7, 11) is -3.88. The molecule has 0 unspecified atom stereocenters. The molecule has 0 atom stereocenters. The fourth-order valence-corrected chi connectivity index (χ4v) is 1.40. The normalized spacial score (nSPS) is 9.50. The van der Waals surface area contributed by atoms with Gasteiger partial charge in [0.25, 0.3) is 10.1 Å². The number of hydrogen-bond donors (Lipinski definition) is 1. The number of nitriles is 1. The maximum Gasteiger partial charge on any atom is 0.269 e. The Labute approximate surface area is 83.6 Å². The van der Waals surface area contributed by atoms with Crippen molar-refractivity contribution < 1.29 is 13.0 Å². The van der Waals surface area contributed by atoms with E-state index in [1.165, 1.54) is 6.92 Å². The molecule has 76 valence electrons. The minimum Gasteiger partial charge on any atom is -0.285 e. The first-order valence-corrected chi connectivity index (χ1v) is 5.40. The largest absolute Gasteiger partial charge is 0.285 e. The van der Waals surface area contributed by atoms with Crippen molar-refractivity contribution in [1.29, 1.82) is 5.26 Å². The quantitative estimate of drug-likeness (QED) is 0.757. The van der Waals surface area contributed by atoms with Crippen LogP contribution in [0.15, 0.2) is 30.3 Å². The molecule has 4 nitrogen and oxygen atoms in total. The lowest BCUT2D eigenvalue weighted by Crippen LogP contribution is -2.00. The average molecular weight is 213 g/mol. The third-order valence-electron chi connectivity index (χ3n) is 1.19. The second-order valence-corrected chi connectivity index (χ2v) is 3.89.